The van der Waals surface area contributed by atoms with Crippen LogP contribution in [-0.4, -0.2) is 122 Å². The number of nitrogens with two attached hydrogens (primary N) is 1. The lowest BCUT2D eigenvalue weighted by Gasteiger charge is -2.14. The number of nitrogen functional groups attached to an aromatic ring is 1. The summed E-state index contributed by atoms with van der Waals surface area (Å²) in [5.41, 5.74) is 1.27. The molecule has 11 N–H and O–H groups in total. The van der Waals surface area contributed by atoms with Gasteiger partial charge in [0.25, 0.3) is 40.5 Å². The van der Waals surface area contributed by atoms with Gasteiger partial charge in [-0.3, -0.25) is 27.6 Å². The maximum Gasteiger partial charge on any atom is 0.397 e. The number of aromatic nitrogens is 3. The number of alkyl halides is 2. The summed E-state index contributed by atoms with van der Waals surface area (Å²) in [5.74, 6) is -3.47. The zero-order valence-corrected chi connectivity index (χ0v) is 45.6. The van der Waals surface area contributed by atoms with E-state index >= 15 is 0 Å². The lowest BCUT2D eigenvalue weighted by atomic mass is 10.1. The van der Waals surface area contributed by atoms with Crippen LogP contribution in [0, 0.1) is 0 Å². The number of hydrogen-bond donors (Lipinski definition) is 10. The highest BCUT2D eigenvalue weighted by atomic mass is 79.9. The molecule has 1 unspecified atom stereocenters. The van der Waals surface area contributed by atoms with Crippen molar-refractivity contribution in [3.8, 4) is 5.75 Å². The number of rotatable bonds is 20. The third-order valence-corrected chi connectivity index (χ3v) is 17.6. The Bertz CT molecular complexity index is 4130. The maximum atomic E-state index is 12.8. The molecule has 0 radical (unpaired) electrons. The topological polar surface area (TPSA) is 503 Å². The Balaban J connectivity index is 1.41. The van der Waals surface area contributed by atoms with Crippen molar-refractivity contribution in [1.29, 1.82) is 0 Å². The second kappa shape index (κ2) is 22.5. The lowest BCUT2D eigenvalue weighted by molar-refractivity contribution is -0.115. The molecular formula is C36H30Br2ClN11O20S6. The second-order valence-corrected chi connectivity index (χ2v) is 25.5. The average molecular weight is 1320 g/mol. The Morgan fingerprint density at radius 3 is 1.61 bits per heavy atom. The molecule has 1 heterocycles. The number of sulfone groups is 1. The van der Waals surface area contributed by atoms with Crippen molar-refractivity contribution < 1.29 is 87.4 Å². The molecule has 0 saturated heterocycles. The molecule has 406 valence electrons. The van der Waals surface area contributed by atoms with E-state index in [0.29, 0.717) is 12.1 Å². The highest BCUT2D eigenvalue weighted by Gasteiger charge is 2.29. The van der Waals surface area contributed by atoms with Crippen molar-refractivity contribution in [1.82, 2.24) is 15.0 Å². The van der Waals surface area contributed by atoms with Crippen LogP contribution in [0.15, 0.2) is 118 Å². The number of nitrogens with zero attached hydrogens (tertiary/aromatic N) is 7. The van der Waals surface area contributed by atoms with Crippen LogP contribution in [0.25, 0.3) is 10.8 Å². The number of hydrogen-bond acceptors (Lipinski definition) is 25. The number of benzene rings is 5. The summed E-state index contributed by atoms with van der Waals surface area (Å²) in [7, 11) is -30.4. The number of aromatic hydroxyl groups is 1. The van der Waals surface area contributed by atoms with Gasteiger partial charge in [-0.25, -0.2) is 12.6 Å². The largest absolute Gasteiger partial charge is 0.505 e. The van der Waals surface area contributed by atoms with E-state index in [-0.39, 0.29) is 39.2 Å². The predicted octanol–water partition coefficient (Wildman–Crippen LogP) is 5.96. The number of phenols is 1. The molecule has 6 aromatic rings. The summed E-state index contributed by atoms with van der Waals surface area (Å²) in [6.07, 6.45) is 0. The van der Waals surface area contributed by atoms with Crippen molar-refractivity contribution in [2.45, 2.75) is 29.3 Å². The Labute approximate surface area is 450 Å². The average Bonchev–Trinajstić information content (AvgIpc) is 3.28. The Morgan fingerprint density at radius 1 is 0.645 bits per heavy atom. The van der Waals surface area contributed by atoms with Gasteiger partial charge in [-0.15, -0.1) is 20.5 Å². The van der Waals surface area contributed by atoms with E-state index in [1.165, 1.54) is 12.1 Å². The van der Waals surface area contributed by atoms with E-state index in [4.69, 9.17) is 21.9 Å². The first-order chi connectivity index (χ1) is 35.0. The fraction of sp³-hybridized carbons (Fsp3) is 0.111. The number of carbonyl (C=O) groups is 1. The van der Waals surface area contributed by atoms with E-state index in [2.05, 4.69) is 87.4 Å². The van der Waals surface area contributed by atoms with Gasteiger partial charge in [-0.05, 0) is 89.8 Å². The highest BCUT2D eigenvalue weighted by molar-refractivity contribution is 9.12. The number of azo groups is 2. The number of fused-ring (bicyclic) bond motifs is 1. The first-order valence-electron chi connectivity index (χ1n) is 19.6. The first-order valence-corrected chi connectivity index (χ1v) is 30.8. The minimum Gasteiger partial charge on any atom is -0.505 e. The number of carbonyl (C=O) groups excluding carboxylic acids is 1. The molecule has 31 nitrogen and oxygen atoms in total. The maximum absolute atomic E-state index is 12.8. The van der Waals surface area contributed by atoms with Gasteiger partial charge in [0.05, 0.1) is 28.3 Å². The number of amides is 1. The van der Waals surface area contributed by atoms with E-state index in [9.17, 15) is 78.6 Å². The lowest BCUT2D eigenvalue weighted by Crippen LogP contribution is -2.23. The van der Waals surface area contributed by atoms with E-state index in [1.54, 1.807) is 0 Å². The van der Waals surface area contributed by atoms with Gasteiger partial charge in [-0.1, -0.05) is 31.9 Å². The Hall–Kier alpha value is -6.05. The summed E-state index contributed by atoms with van der Waals surface area (Å²) in [6, 6.07) is 11.1. The smallest absolute Gasteiger partial charge is 0.397 e. The molecule has 76 heavy (non-hydrogen) atoms. The minimum absolute atomic E-state index is 0.127. The van der Waals surface area contributed by atoms with Crippen LogP contribution >= 0.6 is 43.5 Å². The molecule has 0 aliphatic rings. The Kier molecular flexibility index (Phi) is 17.5. The minimum atomic E-state index is -5.55. The van der Waals surface area contributed by atoms with Crippen LogP contribution in [0.4, 0.5) is 57.4 Å². The fourth-order valence-electron chi connectivity index (χ4n) is 6.22. The number of anilines is 6. The van der Waals surface area contributed by atoms with E-state index in [0.717, 1.165) is 48.5 Å². The summed E-state index contributed by atoms with van der Waals surface area (Å²) < 4.78 is 200. The standard InChI is InChI=1S/C36H30Br2ClN11O20S6/c37-15-21(38)33(52)41-18-3-7-24(72(55,56)57)22(13-18)47-49-30-26(74(61,62)63)11-16-12-27(75(64,65)66)31(32(51)28(16)29(30)40)50-48-23-14-19(4-8-25(23)73(58,59)60)43-36-45-34(39)44-35(46-36)42-17-1-5-20(6-2-17)71(53,54)10-9-70-76(67,68)69/h1-8,11-14,21,51H,9-10,15,40H2,(H,41,52)(H,55,56,57)(H,58,59,60)(H,61,62,63)(H,64,65,66)(H,67,68,69)(H2,42,43,44,45,46)/b49-47+,50-48+. The van der Waals surface area contributed by atoms with Crippen molar-refractivity contribution in [2.24, 2.45) is 20.5 Å². The van der Waals surface area contributed by atoms with Gasteiger partial charge < -0.3 is 26.8 Å². The summed E-state index contributed by atoms with van der Waals surface area (Å²) >= 11 is 12.3. The van der Waals surface area contributed by atoms with Crippen LogP contribution in [0.3, 0.4) is 0 Å². The van der Waals surface area contributed by atoms with Gasteiger partial charge in [-0.2, -0.15) is 57.0 Å². The highest BCUT2D eigenvalue weighted by Crippen LogP contribution is 2.49. The third kappa shape index (κ3) is 14.7. The van der Waals surface area contributed by atoms with Crippen LogP contribution in [0.2, 0.25) is 5.28 Å². The fourth-order valence-corrected chi connectivity index (χ4v) is 10.8. The molecule has 6 rings (SSSR count). The van der Waals surface area contributed by atoms with Gasteiger partial charge in [0.2, 0.25) is 23.1 Å². The van der Waals surface area contributed by atoms with E-state index < -0.39 is 154 Å². The normalized spacial score (nSPS) is 13.3. The summed E-state index contributed by atoms with van der Waals surface area (Å²) in [4.78, 5) is 18.8. The molecule has 1 amide bonds. The molecule has 0 bridgehead atoms. The zero-order valence-electron chi connectivity index (χ0n) is 36.8. The molecule has 40 heteroatoms. The van der Waals surface area contributed by atoms with E-state index in [1.807, 2.05) is 0 Å². The molecule has 5 aromatic carbocycles. The van der Waals surface area contributed by atoms with Crippen LogP contribution in [-0.2, 0) is 69.7 Å². The molecule has 0 fully saturated rings. The van der Waals surface area contributed by atoms with Gasteiger partial charge >= 0.3 is 10.4 Å². The number of halogens is 3. The van der Waals surface area contributed by atoms with Crippen LogP contribution < -0.4 is 21.7 Å². The monoisotopic (exact) mass is 1320 g/mol. The summed E-state index contributed by atoms with van der Waals surface area (Å²) in [6.45, 7) is -0.877. The summed E-state index contributed by atoms with van der Waals surface area (Å²) in [5, 5.41) is 32.2. The molecule has 0 aliphatic carbocycles. The number of phenolic OH excluding ortho intramolecular Hbond substituents is 1. The van der Waals surface area contributed by atoms with Crippen molar-refractivity contribution in [2.75, 3.05) is 39.4 Å². The molecule has 0 spiro atoms. The van der Waals surface area contributed by atoms with Crippen molar-refractivity contribution in [3.05, 3.63) is 78.1 Å². The Morgan fingerprint density at radius 2 is 1.11 bits per heavy atom. The quantitative estimate of drug-likeness (QED) is 0.0182. The van der Waals surface area contributed by atoms with Crippen molar-refractivity contribution >= 4 is 178 Å². The molecule has 1 aromatic heterocycles. The van der Waals surface area contributed by atoms with Gasteiger partial charge in [0, 0.05) is 22.4 Å². The second-order valence-electron chi connectivity index (χ2n) is 14.7. The molecular weight excluding hydrogens is 1290 g/mol. The third-order valence-electron chi connectivity index (χ3n) is 9.46. The first kappa shape index (κ1) is 59.2. The molecule has 0 saturated carbocycles. The van der Waals surface area contributed by atoms with Gasteiger partial charge in [0.15, 0.2) is 15.6 Å². The van der Waals surface area contributed by atoms with Crippen LogP contribution in [0.5, 0.6) is 5.75 Å². The number of nitrogens with one attached hydrogen (secondary N) is 3. The van der Waals surface area contributed by atoms with Gasteiger partial charge in [0.1, 0.15) is 47.2 Å². The zero-order chi connectivity index (χ0) is 56.5. The van der Waals surface area contributed by atoms with Crippen molar-refractivity contribution in [3.63, 3.8) is 0 Å². The molecule has 1 atom stereocenters. The predicted molar refractivity (Wildman–Crippen MR) is 273 cm³/mol. The molecule has 0 aliphatic heterocycles. The van der Waals surface area contributed by atoms with Crippen LogP contribution in [0.1, 0.15) is 0 Å². The SMILES string of the molecule is Nc1c(/N=N/c2cc(NC(=O)C(Br)CBr)ccc2S(=O)(=O)O)c(S(=O)(=O)O)cc2cc(S(=O)(=O)O)c(/N=N/c3cc(Nc4nc(Cl)nc(Nc5ccc(S(=O)(=O)CCOS(=O)(=O)O)cc5)n4)ccc3S(=O)(=O)O)c(O)c12.